The Labute approximate surface area is 147 Å². The molecule has 112 valence electrons. The average Bonchev–Trinajstić information content (AvgIpc) is 3.12. The molecular formula is C16H20IN3S. The molecule has 0 aliphatic carbocycles. The number of nitrogens with zero attached hydrogens (tertiary/aromatic N) is 3. The Hall–Kier alpha value is -0.660. The molecule has 0 N–H and O–H groups in total. The Morgan fingerprint density at radius 3 is 2.38 bits per heavy atom. The first-order valence-electron chi connectivity index (χ1n) is 7.24. The summed E-state index contributed by atoms with van der Waals surface area (Å²) >= 11 is 1.82. The van der Waals surface area contributed by atoms with Crippen LogP contribution in [0, 0.1) is 11.8 Å². The van der Waals surface area contributed by atoms with Gasteiger partial charge < -0.3 is 9.80 Å². The highest BCUT2D eigenvalue weighted by molar-refractivity contribution is 14.0. The van der Waals surface area contributed by atoms with Crippen molar-refractivity contribution in [3.05, 3.63) is 36.5 Å². The maximum Gasteiger partial charge on any atom is 0.125 e. The van der Waals surface area contributed by atoms with Crippen LogP contribution in [0.3, 0.4) is 0 Å². The lowest BCUT2D eigenvalue weighted by Crippen LogP contribution is -2.25. The standard InChI is InChI=1S/C16H19N3S.HI/c1-18-8-13-10-19(11-14(13)9-18)15-7-17-16(20-15)12-5-3-2-4-6-12;/h2-7,13-14H,8-11H2,1H3;1H. The summed E-state index contributed by atoms with van der Waals surface area (Å²) in [5.41, 5.74) is 1.22. The van der Waals surface area contributed by atoms with Crippen molar-refractivity contribution in [3.63, 3.8) is 0 Å². The normalized spacial score (nSPS) is 24.9. The number of hydrogen-bond donors (Lipinski definition) is 0. The third kappa shape index (κ3) is 2.96. The van der Waals surface area contributed by atoms with E-state index in [0.29, 0.717) is 0 Å². The third-order valence-corrected chi connectivity index (χ3v) is 5.60. The van der Waals surface area contributed by atoms with E-state index in [0.717, 1.165) is 16.8 Å². The molecule has 2 saturated heterocycles. The van der Waals surface area contributed by atoms with E-state index < -0.39 is 0 Å². The van der Waals surface area contributed by atoms with Gasteiger partial charge in [0.05, 0.1) is 6.20 Å². The first-order valence-corrected chi connectivity index (χ1v) is 8.06. The van der Waals surface area contributed by atoms with Crippen LogP contribution in [0.15, 0.2) is 36.5 Å². The second-order valence-corrected chi connectivity index (χ2v) is 7.03. The topological polar surface area (TPSA) is 19.4 Å². The minimum atomic E-state index is 0. The number of likely N-dealkylation sites (tertiary alicyclic amines) is 1. The van der Waals surface area contributed by atoms with Crippen molar-refractivity contribution in [1.29, 1.82) is 0 Å². The molecule has 5 heteroatoms. The molecule has 3 heterocycles. The van der Waals surface area contributed by atoms with E-state index in [1.807, 2.05) is 11.3 Å². The highest BCUT2D eigenvalue weighted by Crippen LogP contribution is 2.37. The Balaban J connectivity index is 0.00000132. The molecular weight excluding hydrogens is 393 g/mol. The van der Waals surface area contributed by atoms with Gasteiger partial charge in [-0.2, -0.15) is 0 Å². The maximum atomic E-state index is 4.61. The predicted molar refractivity (Wildman–Crippen MR) is 99.7 cm³/mol. The number of halogens is 1. The van der Waals surface area contributed by atoms with Gasteiger partial charge in [0.15, 0.2) is 0 Å². The summed E-state index contributed by atoms with van der Waals surface area (Å²) < 4.78 is 0. The van der Waals surface area contributed by atoms with Gasteiger partial charge in [-0.25, -0.2) is 4.98 Å². The van der Waals surface area contributed by atoms with Crippen LogP contribution < -0.4 is 4.90 Å². The Morgan fingerprint density at radius 2 is 1.71 bits per heavy atom. The smallest absolute Gasteiger partial charge is 0.125 e. The van der Waals surface area contributed by atoms with Gasteiger partial charge in [0.25, 0.3) is 0 Å². The monoisotopic (exact) mass is 413 g/mol. The number of benzene rings is 1. The zero-order valence-corrected chi connectivity index (χ0v) is 15.3. The predicted octanol–water partition coefficient (Wildman–Crippen LogP) is 3.43. The lowest BCUT2D eigenvalue weighted by molar-refractivity contribution is 0.387. The molecule has 2 atom stereocenters. The maximum absolute atomic E-state index is 4.61. The van der Waals surface area contributed by atoms with E-state index in [9.17, 15) is 0 Å². The molecule has 1 aromatic heterocycles. The van der Waals surface area contributed by atoms with Gasteiger partial charge >= 0.3 is 0 Å². The van der Waals surface area contributed by atoms with Gasteiger partial charge in [-0.3, -0.25) is 0 Å². The SMILES string of the molecule is CN1CC2CN(c3cnc(-c4ccccc4)s3)CC2C1.I. The van der Waals surface area contributed by atoms with Crippen LogP contribution in [-0.2, 0) is 0 Å². The summed E-state index contributed by atoms with van der Waals surface area (Å²) in [7, 11) is 2.24. The van der Waals surface area contributed by atoms with Gasteiger partial charge in [-0.15, -0.1) is 24.0 Å². The van der Waals surface area contributed by atoms with Crippen molar-refractivity contribution in [2.75, 3.05) is 38.1 Å². The summed E-state index contributed by atoms with van der Waals surface area (Å²) in [5.74, 6) is 1.70. The third-order valence-electron chi connectivity index (χ3n) is 4.49. The second-order valence-electron chi connectivity index (χ2n) is 6.02. The van der Waals surface area contributed by atoms with E-state index in [2.05, 4.69) is 58.4 Å². The fourth-order valence-corrected chi connectivity index (χ4v) is 4.47. The van der Waals surface area contributed by atoms with Crippen molar-refractivity contribution in [1.82, 2.24) is 9.88 Å². The van der Waals surface area contributed by atoms with Crippen LogP contribution in [0.2, 0.25) is 0 Å². The van der Waals surface area contributed by atoms with Gasteiger partial charge in [-0.05, 0) is 18.9 Å². The summed E-state index contributed by atoms with van der Waals surface area (Å²) in [6.45, 7) is 4.91. The van der Waals surface area contributed by atoms with Crippen molar-refractivity contribution < 1.29 is 0 Å². The molecule has 21 heavy (non-hydrogen) atoms. The van der Waals surface area contributed by atoms with Gasteiger partial charge in [0.2, 0.25) is 0 Å². The van der Waals surface area contributed by atoms with Crippen molar-refractivity contribution in [2.45, 2.75) is 0 Å². The van der Waals surface area contributed by atoms with Crippen LogP contribution >= 0.6 is 35.3 Å². The van der Waals surface area contributed by atoms with Crippen LogP contribution in [0.25, 0.3) is 10.6 Å². The largest absolute Gasteiger partial charge is 0.361 e. The molecule has 2 aromatic rings. The van der Waals surface area contributed by atoms with Crippen molar-refractivity contribution >= 4 is 40.3 Å². The van der Waals surface area contributed by atoms with Crippen LogP contribution in [0.1, 0.15) is 0 Å². The van der Waals surface area contributed by atoms with Crippen molar-refractivity contribution in [3.8, 4) is 10.6 Å². The number of aromatic nitrogens is 1. The minimum absolute atomic E-state index is 0. The molecule has 2 unspecified atom stereocenters. The summed E-state index contributed by atoms with van der Waals surface area (Å²) in [6.07, 6.45) is 2.05. The second kappa shape index (κ2) is 6.22. The van der Waals surface area contributed by atoms with E-state index >= 15 is 0 Å². The summed E-state index contributed by atoms with van der Waals surface area (Å²) in [5, 5.41) is 2.47. The first-order chi connectivity index (χ1) is 9.79. The highest BCUT2D eigenvalue weighted by atomic mass is 127. The van der Waals surface area contributed by atoms with E-state index in [1.165, 1.54) is 36.7 Å². The highest BCUT2D eigenvalue weighted by Gasteiger charge is 2.39. The van der Waals surface area contributed by atoms with Gasteiger partial charge in [0, 0.05) is 31.7 Å². The molecule has 2 fully saturated rings. The van der Waals surface area contributed by atoms with E-state index in [4.69, 9.17) is 0 Å². The Kier molecular flexibility index (Phi) is 4.51. The molecule has 0 spiro atoms. The zero-order valence-electron chi connectivity index (χ0n) is 12.1. The van der Waals surface area contributed by atoms with Crippen LogP contribution in [0.5, 0.6) is 0 Å². The number of fused-ring (bicyclic) bond motifs is 1. The molecule has 0 amide bonds. The van der Waals surface area contributed by atoms with Crippen LogP contribution in [-0.4, -0.2) is 43.1 Å². The molecule has 2 aliphatic heterocycles. The molecule has 2 aliphatic rings. The van der Waals surface area contributed by atoms with Crippen LogP contribution in [0.4, 0.5) is 5.00 Å². The summed E-state index contributed by atoms with van der Waals surface area (Å²) in [4.78, 5) is 9.61. The minimum Gasteiger partial charge on any atom is -0.361 e. The Morgan fingerprint density at radius 1 is 1.05 bits per heavy atom. The van der Waals surface area contributed by atoms with Gasteiger partial charge in [0.1, 0.15) is 10.0 Å². The number of rotatable bonds is 2. The Bertz CT molecular complexity index is 587. The number of hydrogen-bond acceptors (Lipinski definition) is 4. The lowest BCUT2D eigenvalue weighted by Gasteiger charge is -2.18. The van der Waals surface area contributed by atoms with E-state index in [-0.39, 0.29) is 24.0 Å². The molecule has 3 nitrogen and oxygen atoms in total. The number of anilines is 1. The fourth-order valence-electron chi connectivity index (χ4n) is 3.53. The quantitative estimate of drug-likeness (QED) is 0.704. The molecule has 0 bridgehead atoms. The molecule has 0 radical (unpaired) electrons. The molecule has 0 saturated carbocycles. The number of thiazole rings is 1. The van der Waals surface area contributed by atoms with E-state index in [1.54, 1.807) is 0 Å². The van der Waals surface area contributed by atoms with Crippen molar-refractivity contribution in [2.24, 2.45) is 11.8 Å². The fraction of sp³-hybridized carbons (Fsp3) is 0.438. The average molecular weight is 413 g/mol. The summed E-state index contributed by atoms with van der Waals surface area (Å²) in [6, 6.07) is 10.5. The zero-order chi connectivity index (χ0) is 13.5. The lowest BCUT2D eigenvalue weighted by atomic mass is 10.0. The van der Waals surface area contributed by atoms with Gasteiger partial charge in [-0.1, -0.05) is 41.7 Å². The first kappa shape index (κ1) is 15.2. The molecule has 1 aromatic carbocycles. The molecule has 4 rings (SSSR count).